The third-order valence-corrected chi connectivity index (χ3v) is 12.9. The van der Waals surface area contributed by atoms with Crippen LogP contribution in [-0.2, 0) is 0 Å². The molecular formula is C61H39N7. The first-order chi connectivity index (χ1) is 33.7. The molecule has 5 heterocycles. The van der Waals surface area contributed by atoms with Gasteiger partial charge in [-0.3, -0.25) is 14.5 Å². The van der Waals surface area contributed by atoms with Gasteiger partial charge in [-0.2, -0.15) is 9.97 Å². The van der Waals surface area contributed by atoms with Crippen LogP contribution in [0.3, 0.4) is 0 Å². The highest BCUT2D eigenvalue weighted by Crippen LogP contribution is 2.44. The Balaban J connectivity index is 1.06. The summed E-state index contributed by atoms with van der Waals surface area (Å²) in [5.74, 6) is 1.70. The van der Waals surface area contributed by atoms with Gasteiger partial charge in [0.15, 0.2) is 11.6 Å². The molecule has 8 aromatic carbocycles. The van der Waals surface area contributed by atoms with Crippen LogP contribution in [0.5, 0.6) is 0 Å². The molecule has 13 rings (SSSR count). The third-order valence-electron chi connectivity index (χ3n) is 12.9. The van der Waals surface area contributed by atoms with Gasteiger partial charge in [0.1, 0.15) is 0 Å². The van der Waals surface area contributed by atoms with Gasteiger partial charge in [-0.05, 0) is 95.1 Å². The van der Waals surface area contributed by atoms with Gasteiger partial charge < -0.3 is 4.57 Å². The molecule has 7 heteroatoms. The summed E-state index contributed by atoms with van der Waals surface area (Å²) in [5.41, 5.74) is 15.5. The van der Waals surface area contributed by atoms with Crippen LogP contribution in [0.1, 0.15) is 0 Å². The van der Waals surface area contributed by atoms with Crippen LogP contribution in [-0.4, -0.2) is 34.1 Å². The van der Waals surface area contributed by atoms with Gasteiger partial charge in [-0.1, -0.05) is 152 Å². The lowest BCUT2D eigenvalue weighted by Gasteiger charge is -2.12. The van der Waals surface area contributed by atoms with Crippen molar-refractivity contribution in [3.05, 3.63) is 237 Å². The standard InChI is InChI=1S/C61H39N7/c1-4-15-40(16-5-1)44-19-14-20-45(37-44)41-25-27-43(28-26-41)60-64-59(42-17-6-2-7-18-42)65-61(66-60)68-55-33-30-47(53-24-11-13-36-63-53)39-51(55)57-56(68)34-31-49-50-38-46(52-23-10-12-35-62-52)29-32-54(50)67(58(49)57)48-21-8-3-9-22-48/h1-39H. The van der Waals surface area contributed by atoms with E-state index in [0.29, 0.717) is 17.6 Å². The van der Waals surface area contributed by atoms with Crippen LogP contribution in [0.2, 0.25) is 0 Å². The minimum absolute atomic E-state index is 0.526. The zero-order valence-electron chi connectivity index (χ0n) is 36.6. The molecule has 5 aromatic heterocycles. The van der Waals surface area contributed by atoms with E-state index in [9.17, 15) is 0 Å². The number of benzene rings is 8. The number of hydrogen-bond donors (Lipinski definition) is 0. The van der Waals surface area contributed by atoms with Crippen molar-refractivity contribution < 1.29 is 0 Å². The summed E-state index contributed by atoms with van der Waals surface area (Å²) in [6.45, 7) is 0. The van der Waals surface area contributed by atoms with Crippen molar-refractivity contribution in [1.29, 1.82) is 0 Å². The second-order valence-corrected chi connectivity index (χ2v) is 16.9. The summed E-state index contributed by atoms with van der Waals surface area (Å²) in [5, 5.41) is 4.41. The molecule has 0 N–H and O–H groups in total. The SMILES string of the molecule is c1ccc(-c2cccc(-c3ccc(-c4nc(-c5ccccc5)nc(-n5c6ccc(-c7ccccn7)cc6c6c5ccc5c7cc(-c8ccccn8)ccc7n(-c7ccccc7)c56)n4)cc3)c2)cc1. The number of fused-ring (bicyclic) bond motifs is 7. The van der Waals surface area contributed by atoms with Gasteiger partial charge in [0.05, 0.1) is 33.5 Å². The largest absolute Gasteiger partial charge is 0.309 e. The summed E-state index contributed by atoms with van der Waals surface area (Å²) in [6, 6.07) is 78.4. The number of rotatable bonds is 8. The van der Waals surface area contributed by atoms with Crippen molar-refractivity contribution in [1.82, 2.24) is 34.1 Å². The van der Waals surface area contributed by atoms with E-state index in [1.54, 1.807) is 0 Å². The fraction of sp³-hybridized carbons (Fsp3) is 0. The van der Waals surface area contributed by atoms with Crippen LogP contribution < -0.4 is 0 Å². The lowest BCUT2D eigenvalue weighted by molar-refractivity contribution is 0.953. The first-order valence-electron chi connectivity index (χ1n) is 22.7. The van der Waals surface area contributed by atoms with E-state index in [1.165, 1.54) is 11.1 Å². The molecular weight excluding hydrogens is 831 g/mol. The van der Waals surface area contributed by atoms with Gasteiger partial charge in [0.25, 0.3) is 0 Å². The van der Waals surface area contributed by atoms with E-state index in [2.05, 4.69) is 185 Å². The monoisotopic (exact) mass is 869 g/mol. The molecule has 0 bridgehead atoms. The Kier molecular flexibility index (Phi) is 9.35. The van der Waals surface area contributed by atoms with E-state index in [0.717, 1.165) is 94.1 Å². The molecule has 0 saturated heterocycles. The molecule has 0 aliphatic rings. The van der Waals surface area contributed by atoms with Gasteiger partial charge in [-0.25, -0.2) is 4.98 Å². The quantitative estimate of drug-likeness (QED) is 0.152. The van der Waals surface area contributed by atoms with Crippen molar-refractivity contribution >= 4 is 43.6 Å². The lowest BCUT2D eigenvalue weighted by atomic mass is 9.98. The average molecular weight is 870 g/mol. The second-order valence-electron chi connectivity index (χ2n) is 16.9. The fourth-order valence-electron chi connectivity index (χ4n) is 9.69. The number of hydrogen-bond acceptors (Lipinski definition) is 5. The second kappa shape index (κ2) is 16.3. The van der Waals surface area contributed by atoms with Crippen LogP contribution in [0, 0.1) is 0 Å². The van der Waals surface area contributed by atoms with E-state index >= 15 is 0 Å². The first-order valence-corrected chi connectivity index (χ1v) is 22.7. The normalized spacial score (nSPS) is 11.5. The molecule has 13 aromatic rings. The highest BCUT2D eigenvalue weighted by atomic mass is 15.2. The topological polar surface area (TPSA) is 74.3 Å². The van der Waals surface area contributed by atoms with Crippen LogP contribution in [0.4, 0.5) is 0 Å². The van der Waals surface area contributed by atoms with Gasteiger partial charge in [0.2, 0.25) is 5.95 Å². The molecule has 0 aliphatic carbocycles. The minimum atomic E-state index is 0.526. The molecule has 0 saturated carbocycles. The van der Waals surface area contributed by atoms with Crippen molar-refractivity contribution in [2.75, 3.05) is 0 Å². The van der Waals surface area contributed by atoms with Gasteiger partial charge in [-0.15, -0.1) is 0 Å². The minimum Gasteiger partial charge on any atom is -0.309 e. The van der Waals surface area contributed by atoms with Crippen LogP contribution in [0.15, 0.2) is 237 Å². The predicted octanol–water partition coefficient (Wildman–Crippen LogP) is 14.9. The molecule has 318 valence electrons. The Labute approximate surface area is 392 Å². The van der Waals surface area contributed by atoms with E-state index in [4.69, 9.17) is 24.9 Å². The number of nitrogens with zero attached hydrogens (tertiary/aromatic N) is 7. The molecule has 0 unspecified atom stereocenters. The van der Waals surface area contributed by atoms with Crippen LogP contribution >= 0.6 is 0 Å². The number of para-hydroxylation sites is 1. The van der Waals surface area contributed by atoms with Gasteiger partial charge >= 0.3 is 0 Å². The smallest absolute Gasteiger partial charge is 0.238 e. The van der Waals surface area contributed by atoms with Gasteiger partial charge in [0, 0.05) is 61.9 Å². The van der Waals surface area contributed by atoms with Crippen molar-refractivity contribution in [2.24, 2.45) is 0 Å². The Hall–Kier alpha value is -9.33. The molecule has 0 fully saturated rings. The molecule has 7 nitrogen and oxygen atoms in total. The maximum absolute atomic E-state index is 5.37. The average Bonchev–Trinajstić information content (AvgIpc) is 3.94. The summed E-state index contributed by atoms with van der Waals surface area (Å²) in [4.78, 5) is 25.4. The fourth-order valence-corrected chi connectivity index (χ4v) is 9.69. The highest BCUT2D eigenvalue weighted by Gasteiger charge is 2.24. The first kappa shape index (κ1) is 39.1. The Bertz CT molecular complexity index is 3980. The molecule has 0 spiro atoms. The molecule has 0 aliphatic heterocycles. The van der Waals surface area contributed by atoms with E-state index < -0.39 is 0 Å². The molecule has 68 heavy (non-hydrogen) atoms. The Morgan fingerprint density at radius 3 is 1.40 bits per heavy atom. The Morgan fingerprint density at radius 2 is 0.779 bits per heavy atom. The summed E-state index contributed by atoms with van der Waals surface area (Å²) in [6.07, 6.45) is 3.70. The maximum Gasteiger partial charge on any atom is 0.238 e. The predicted molar refractivity (Wildman–Crippen MR) is 277 cm³/mol. The number of pyridine rings is 2. The molecule has 0 amide bonds. The van der Waals surface area contributed by atoms with E-state index in [-0.39, 0.29) is 0 Å². The number of aromatic nitrogens is 7. The zero-order valence-corrected chi connectivity index (χ0v) is 36.6. The molecule has 0 radical (unpaired) electrons. The summed E-state index contributed by atoms with van der Waals surface area (Å²) < 4.78 is 4.61. The lowest BCUT2D eigenvalue weighted by Crippen LogP contribution is -2.06. The Morgan fingerprint density at radius 1 is 0.294 bits per heavy atom. The highest BCUT2D eigenvalue weighted by molar-refractivity contribution is 6.26. The van der Waals surface area contributed by atoms with Crippen molar-refractivity contribution in [3.8, 4) is 79.2 Å². The zero-order chi connectivity index (χ0) is 45.0. The van der Waals surface area contributed by atoms with Crippen molar-refractivity contribution in [2.45, 2.75) is 0 Å². The third kappa shape index (κ3) is 6.72. The molecule has 0 atom stereocenters. The maximum atomic E-state index is 5.37. The van der Waals surface area contributed by atoms with Crippen LogP contribution in [0.25, 0.3) is 123 Å². The summed E-state index contributed by atoms with van der Waals surface area (Å²) in [7, 11) is 0. The summed E-state index contributed by atoms with van der Waals surface area (Å²) >= 11 is 0. The van der Waals surface area contributed by atoms with Crippen molar-refractivity contribution in [3.63, 3.8) is 0 Å². The van der Waals surface area contributed by atoms with E-state index in [1.807, 2.05) is 60.9 Å².